The highest BCUT2D eigenvalue weighted by molar-refractivity contribution is 7.80. The molecule has 0 saturated heterocycles. The molecule has 6 heteroatoms. The normalized spacial score (nSPS) is 12.1. The molecular formula is C11H15N5S. The van der Waals surface area contributed by atoms with Gasteiger partial charge in [-0.15, -0.1) is 0 Å². The van der Waals surface area contributed by atoms with Crippen LogP contribution in [0.1, 0.15) is 13.8 Å². The van der Waals surface area contributed by atoms with Crippen molar-refractivity contribution in [3.8, 4) is 0 Å². The van der Waals surface area contributed by atoms with E-state index in [1.165, 1.54) is 0 Å². The van der Waals surface area contributed by atoms with Crippen LogP contribution in [0.5, 0.6) is 0 Å². The first kappa shape index (κ1) is 13.1. The predicted octanol–water partition coefficient (Wildman–Crippen LogP) is 1.68. The van der Waals surface area contributed by atoms with Gasteiger partial charge in [0.05, 0.1) is 17.1 Å². The lowest BCUT2D eigenvalue weighted by Crippen LogP contribution is -2.26. The van der Waals surface area contributed by atoms with E-state index in [4.69, 9.17) is 5.73 Å². The molecule has 0 spiro atoms. The number of anilines is 1. The lowest BCUT2D eigenvalue weighted by Gasteiger charge is -2.03. The van der Waals surface area contributed by atoms with Crippen LogP contribution in [-0.4, -0.2) is 16.5 Å². The summed E-state index contributed by atoms with van der Waals surface area (Å²) in [5.74, 6) is 0. The third-order valence-corrected chi connectivity index (χ3v) is 2.08. The number of para-hydroxylation sites is 1. The van der Waals surface area contributed by atoms with Crippen molar-refractivity contribution in [2.24, 2.45) is 15.9 Å². The molecule has 0 atom stereocenters. The van der Waals surface area contributed by atoms with Crippen molar-refractivity contribution in [3.05, 3.63) is 30.3 Å². The van der Waals surface area contributed by atoms with Gasteiger partial charge in [-0.1, -0.05) is 18.2 Å². The Morgan fingerprint density at radius 2 is 1.71 bits per heavy atom. The van der Waals surface area contributed by atoms with Gasteiger partial charge in [0.25, 0.3) is 0 Å². The lowest BCUT2D eigenvalue weighted by molar-refractivity contribution is 1.03. The number of nitrogens with one attached hydrogen (secondary N) is 2. The first-order valence-electron chi connectivity index (χ1n) is 5.05. The van der Waals surface area contributed by atoms with Gasteiger partial charge in [0.2, 0.25) is 0 Å². The lowest BCUT2D eigenvalue weighted by atomic mass is 10.3. The Morgan fingerprint density at radius 1 is 1.12 bits per heavy atom. The molecule has 0 heterocycles. The highest BCUT2D eigenvalue weighted by atomic mass is 32.1. The fraction of sp³-hybridized carbons (Fsp3) is 0.182. The molecule has 0 aliphatic heterocycles. The minimum absolute atomic E-state index is 0.133. The maximum atomic E-state index is 5.26. The van der Waals surface area contributed by atoms with Gasteiger partial charge in [0.15, 0.2) is 5.11 Å². The fourth-order valence-electron chi connectivity index (χ4n) is 0.962. The van der Waals surface area contributed by atoms with Gasteiger partial charge in [0, 0.05) is 0 Å². The number of nitrogens with zero attached hydrogens (tertiary/aromatic N) is 2. The van der Waals surface area contributed by atoms with E-state index in [1.54, 1.807) is 0 Å². The SMILES string of the molecule is CC(=N/NC(N)=S)/C(C)=N\Nc1ccccc1. The molecule has 0 radical (unpaired) electrons. The van der Waals surface area contributed by atoms with Gasteiger partial charge in [-0.05, 0) is 38.2 Å². The number of hydrogen-bond acceptors (Lipinski definition) is 4. The Bertz CT molecular complexity index is 438. The summed E-state index contributed by atoms with van der Waals surface area (Å²) < 4.78 is 0. The van der Waals surface area contributed by atoms with E-state index in [9.17, 15) is 0 Å². The molecule has 1 aromatic carbocycles. The number of hydrazone groups is 2. The van der Waals surface area contributed by atoms with Gasteiger partial charge in [0.1, 0.15) is 0 Å². The van der Waals surface area contributed by atoms with Gasteiger partial charge in [-0.3, -0.25) is 10.9 Å². The smallest absolute Gasteiger partial charge is 0.184 e. The molecule has 17 heavy (non-hydrogen) atoms. The number of nitrogens with two attached hydrogens (primary N) is 1. The molecular weight excluding hydrogens is 234 g/mol. The fourth-order valence-corrected chi connectivity index (χ4v) is 1.01. The van der Waals surface area contributed by atoms with E-state index in [2.05, 4.69) is 33.3 Å². The van der Waals surface area contributed by atoms with Crippen molar-refractivity contribution in [1.29, 1.82) is 0 Å². The largest absolute Gasteiger partial charge is 0.375 e. The van der Waals surface area contributed by atoms with Gasteiger partial charge in [-0.2, -0.15) is 10.2 Å². The molecule has 4 N–H and O–H groups in total. The third kappa shape index (κ3) is 5.07. The molecule has 0 aromatic heterocycles. The monoisotopic (exact) mass is 249 g/mol. The van der Waals surface area contributed by atoms with Crippen LogP contribution < -0.4 is 16.6 Å². The molecule has 0 unspecified atom stereocenters. The summed E-state index contributed by atoms with van der Waals surface area (Å²) in [5.41, 5.74) is 13.1. The number of benzene rings is 1. The molecule has 0 fully saturated rings. The van der Waals surface area contributed by atoms with Gasteiger partial charge < -0.3 is 5.73 Å². The van der Waals surface area contributed by atoms with Gasteiger partial charge >= 0.3 is 0 Å². The van der Waals surface area contributed by atoms with Crippen LogP contribution in [0.2, 0.25) is 0 Å². The second-order valence-corrected chi connectivity index (χ2v) is 3.79. The maximum Gasteiger partial charge on any atom is 0.184 e. The van der Waals surface area contributed by atoms with E-state index in [0.717, 1.165) is 11.4 Å². The van der Waals surface area contributed by atoms with E-state index in [-0.39, 0.29) is 5.11 Å². The van der Waals surface area contributed by atoms with Crippen molar-refractivity contribution in [2.75, 3.05) is 5.43 Å². The summed E-state index contributed by atoms with van der Waals surface area (Å²) >= 11 is 4.65. The van der Waals surface area contributed by atoms with E-state index in [0.29, 0.717) is 5.71 Å². The Labute approximate surface area is 106 Å². The van der Waals surface area contributed by atoms with Crippen LogP contribution in [0, 0.1) is 0 Å². The van der Waals surface area contributed by atoms with E-state index in [1.807, 2.05) is 44.2 Å². The molecule has 1 aromatic rings. The Balaban J connectivity index is 2.60. The van der Waals surface area contributed by atoms with Crippen molar-refractivity contribution in [1.82, 2.24) is 5.43 Å². The Morgan fingerprint density at radius 3 is 2.29 bits per heavy atom. The number of thiocarbonyl (C=S) groups is 1. The maximum absolute atomic E-state index is 5.26. The summed E-state index contributed by atoms with van der Waals surface area (Å²) in [6.07, 6.45) is 0. The highest BCUT2D eigenvalue weighted by Crippen LogP contribution is 2.04. The Hall–Kier alpha value is -1.95. The first-order chi connectivity index (χ1) is 8.09. The second kappa shape index (κ2) is 6.59. The zero-order valence-electron chi connectivity index (χ0n) is 9.77. The van der Waals surface area contributed by atoms with Crippen LogP contribution >= 0.6 is 12.2 Å². The number of rotatable bonds is 4. The average Bonchev–Trinajstić information content (AvgIpc) is 2.34. The van der Waals surface area contributed by atoms with Crippen molar-refractivity contribution >= 4 is 34.4 Å². The van der Waals surface area contributed by atoms with Crippen molar-refractivity contribution < 1.29 is 0 Å². The van der Waals surface area contributed by atoms with Crippen LogP contribution in [0.4, 0.5) is 5.69 Å². The second-order valence-electron chi connectivity index (χ2n) is 3.35. The molecule has 90 valence electrons. The predicted molar refractivity (Wildman–Crippen MR) is 76.2 cm³/mol. The van der Waals surface area contributed by atoms with Crippen LogP contribution in [-0.2, 0) is 0 Å². The molecule has 5 nitrogen and oxygen atoms in total. The summed E-state index contributed by atoms with van der Waals surface area (Å²) in [6, 6.07) is 9.67. The zero-order chi connectivity index (χ0) is 12.7. The van der Waals surface area contributed by atoms with Crippen LogP contribution in [0.25, 0.3) is 0 Å². The topological polar surface area (TPSA) is 74.8 Å². The van der Waals surface area contributed by atoms with Crippen LogP contribution in [0.15, 0.2) is 40.5 Å². The van der Waals surface area contributed by atoms with E-state index < -0.39 is 0 Å². The molecule has 0 saturated carbocycles. The quantitative estimate of drug-likeness (QED) is 0.431. The summed E-state index contributed by atoms with van der Waals surface area (Å²) in [5, 5.41) is 8.28. The number of hydrogen-bond donors (Lipinski definition) is 3. The molecule has 0 aliphatic carbocycles. The molecule has 0 bridgehead atoms. The van der Waals surface area contributed by atoms with E-state index >= 15 is 0 Å². The minimum atomic E-state index is 0.133. The first-order valence-corrected chi connectivity index (χ1v) is 5.46. The van der Waals surface area contributed by atoms with Gasteiger partial charge in [-0.25, -0.2) is 0 Å². The Kier molecular flexibility index (Phi) is 5.09. The summed E-state index contributed by atoms with van der Waals surface area (Å²) in [7, 11) is 0. The summed E-state index contributed by atoms with van der Waals surface area (Å²) in [4.78, 5) is 0. The molecule has 0 aliphatic rings. The van der Waals surface area contributed by atoms with Crippen molar-refractivity contribution in [2.45, 2.75) is 13.8 Å². The third-order valence-electron chi connectivity index (χ3n) is 1.98. The molecule has 0 amide bonds. The minimum Gasteiger partial charge on any atom is -0.375 e. The highest BCUT2D eigenvalue weighted by Gasteiger charge is 1.97. The zero-order valence-corrected chi connectivity index (χ0v) is 10.6. The molecule has 1 rings (SSSR count). The summed E-state index contributed by atoms with van der Waals surface area (Å²) in [6.45, 7) is 3.66. The van der Waals surface area contributed by atoms with Crippen LogP contribution in [0.3, 0.4) is 0 Å². The van der Waals surface area contributed by atoms with Crippen molar-refractivity contribution in [3.63, 3.8) is 0 Å². The standard InChI is InChI=1S/C11H15N5S/c1-8(9(2)14-16-11(12)17)13-15-10-6-4-3-5-7-10/h3-7,15H,1-2H3,(H3,12,16,17)/b13-8-,14-9-. The average molecular weight is 249 g/mol.